The lowest BCUT2D eigenvalue weighted by molar-refractivity contribution is 0.0950. The fourth-order valence-electron chi connectivity index (χ4n) is 1.85. The Morgan fingerprint density at radius 1 is 1.26 bits per heavy atom. The lowest BCUT2D eigenvalue weighted by atomic mass is 10.1. The summed E-state index contributed by atoms with van der Waals surface area (Å²) in [5.74, 6) is 5.27. The zero-order chi connectivity index (χ0) is 13.8. The second-order valence-electron chi connectivity index (χ2n) is 4.37. The van der Waals surface area contributed by atoms with Crippen molar-refractivity contribution in [1.82, 2.24) is 5.32 Å². The molecule has 19 heavy (non-hydrogen) atoms. The highest BCUT2D eigenvalue weighted by molar-refractivity contribution is 7.11. The van der Waals surface area contributed by atoms with Gasteiger partial charge in [0.05, 0.1) is 6.54 Å². The summed E-state index contributed by atoms with van der Waals surface area (Å²) in [6.07, 6.45) is 0. The molecule has 0 aliphatic rings. The van der Waals surface area contributed by atoms with E-state index in [0.717, 1.165) is 16.1 Å². The third kappa shape index (κ3) is 3.33. The van der Waals surface area contributed by atoms with Gasteiger partial charge >= 0.3 is 0 Å². The summed E-state index contributed by atoms with van der Waals surface area (Å²) in [5.41, 5.74) is 4.93. The van der Waals surface area contributed by atoms with Crippen LogP contribution in [-0.2, 0) is 6.54 Å². The van der Waals surface area contributed by atoms with Crippen LogP contribution in [0.3, 0.4) is 0 Å². The highest BCUT2D eigenvalue weighted by Crippen LogP contribution is 2.16. The zero-order valence-electron chi connectivity index (χ0n) is 11.0. The Kier molecular flexibility index (Phi) is 4.19. The van der Waals surface area contributed by atoms with E-state index >= 15 is 0 Å². The molecule has 100 valence electrons. The van der Waals surface area contributed by atoms with Crippen molar-refractivity contribution >= 4 is 22.9 Å². The van der Waals surface area contributed by atoms with Crippen molar-refractivity contribution in [3.05, 3.63) is 51.2 Å². The van der Waals surface area contributed by atoms with E-state index in [1.807, 2.05) is 19.1 Å². The quantitative estimate of drug-likeness (QED) is 0.593. The Hall–Kier alpha value is -1.85. The van der Waals surface area contributed by atoms with Gasteiger partial charge in [-0.2, -0.15) is 0 Å². The smallest absolute Gasteiger partial charge is 0.251 e. The molecule has 0 saturated heterocycles. The maximum Gasteiger partial charge on any atom is 0.251 e. The summed E-state index contributed by atoms with van der Waals surface area (Å²) in [4.78, 5) is 14.5. The van der Waals surface area contributed by atoms with E-state index in [9.17, 15) is 4.79 Å². The molecule has 0 saturated carbocycles. The number of nitrogens with one attached hydrogen (secondary N) is 2. The van der Waals surface area contributed by atoms with Crippen LogP contribution >= 0.6 is 11.3 Å². The van der Waals surface area contributed by atoms with Gasteiger partial charge < -0.3 is 10.7 Å². The molecule has 1 aromatic heterocycles. The van der Waals surface area contributed by atoms with Crippen LogP contribution in [0, 0.1) is 13.8 Å². The average molecular weight is 275 g/mol. The van der Waals surface area contributed by atoms with Gasteiger partial charge in [-0.1, -0.05) is 0 Å². The van der Waals surface area contributed by atoms with E-state index in [1.165, 1.54) is 4.88 Å². The number of nitrogens with two attached hydrogens (primary N) is 1. The Balaban J connectivity index is 2.03. The number of thiophene rings is 1. The molecule has 4 nitrogen and oxygen atoms in total. The van der Waals surface area contributed by atoms with E-state index in [4.69, 9.17) is 5.84 Å². The first-order chi connectivity index (χ1) is 9.10. The first-order valence-corrected chi connectivity index (χ1v) is 6.82. The number of aryl methyl sites for hydroxylation is 2. The molecule has 0 spiro atoms. The summed E-state index contributed by atoms with van der Waals surface area (Å²) < 4.78 is 0. The van der Waals surface area contributed by atoms with Gasteiger partial charge in [-0.3, -0.25) is 10.6 Å². The fourth-order valence-corrected chi connectivity index (χ4v) is 2.68. The molecule has 0 aliphatic carbocycles. The van der Waals surface area contributed by atoms with Gasteiger partial charge in [0.2, 0.25) is 0 Å². The summed E-state index contributed by atoms with van der Waals surface area (Å²) in [6, 6.07) is 9.51. The number of anilines is 1. The summed E-state index contributed by atoms with van der Waals surface area (Å²) in [6.45, 7) is 4.51. The SMILES string of the molecule is Cc1ccc(CNC(=O)c2ccc(NN)cc2C)s1. The Morgan fingerprint density at radius 2 is 2.05 bits per heavy atom. The zero-order valence-corrected chi connectivity index (χ0v) is 11.8. The number of carbonyl (C=O) groups is 1. The summed E-state index contributed by atoms with van der Waals surface area (Å²) >= 11 is 1.69. The number of benzene rings is 1. The van der Waals surface area contributed by atoms with Crippen LogP contribution in [0.25, 0.3) is 0 Å². The van der Waals surface area contributed by atoms with E-state index < -0.39 is 0 Å². The van der Waals surface area contributed by atoms with Crippen LogP contribution in [-0.4, -0.2) is 5.91 Å². The lowest BCUT2D eigenvalue weighted by Gasteiger charge is -2.08. The number of amides is 1. The fraction of sp³-hybridized carbons (Fsp3) is 0.214. The molecule has 1 aromatic carbocycles. The first-order valence-electron chi connectivity index (χ1n) is 6.01. The highest BCUT2D eigenvalue weighted by atomic mass is 32.1. The van der Waals surface area contributed by atoms with Crippen molar-refractivity contribution in [2.75, 3.05) is 5.43 Å². The van der Waals surface area contributed by atoms with E-state index in [2.05, 4.69) is 23.7 Å². The van der Waals surface area contributed by atoms with Crippen LogP contribution in [0.5, 0.6) is 0 Å². The summed E-state index contributed by atoms with van der Waals surface area (Å²) in [5, 5.41) is 2.93. The molecular weight excluding hydrogens is 258 g/mol. The predicted molar refractivity (Wildman–Crippen MR) is 79.2 cm³/mol. The maximum absolute atomic E-state index is 12.1. The second kappa shape index (κ2) is 5.86. The minimum absolute atomic E-state index is 0.0628. The molecule has 2 aromatic rings. The van der Waals surface area contributed by atoms with E-state index in [0.29, 0.717) is 12.1 Å². The van der Waals surface area contributed by atoms with Crippen LogP contribution in [0.1, 0.15) is 25.7 Å². The van der Waals surface area contributed by atoms with Crippen molar-refractivity contribution in [3.8, 4) is 0 Å². The van der Waals surface area contributed by atoms with Gasteiger partial charge in [-0.25, -0.2) is 0 Å². The van der Waals surface area contributed by atoms with Crippen LogP contribution in [0.15, 0.2) is 30.3 Å². The molecule has 1 amide bonds. The van der Waals surface area contributed by atoms with Gasteiger partial charge in [-0.15, -0.1) is 11.3 Å². The monoisotopic (exact) mass is 275 g/mol. The average Bonchev–Trinajstić information content (AvgIpc) is 2.81. The Bertz CT molecular complexity index is 592. The van der Waals surface area contributed by atoms with Gasteiger partial charge in [0.25, 0.3) is 5.91 Å². The van der Waals surface area contributed by atoms with Crippen molar-refractivity contribution in [3.63, 3.8) is 0 Å². The summed E-state index contributed by atoms with van der Waals surface area (Å²) in [7, 11) is 0. The van der Waals surface area contributed by atoms with Crippen molar-refractivity contribution in [2.45, 2.75) is 20.4 Å². The number of nitrogen functional groups attached to an aromatic ring is 1. The van der Waals surface area contributed by atoms with E-state index in [1.54, 1.807) is 23.5 Å². The molecule has 0 radical (unpaired) electrons. The molecule has 4 N–H and O–H groups in total. The molecule has 0 unspecified atom stereocenters. The maximum atomic E-state index is 12.1. The number of hydrogen-bond donors (Lipinski definition) is 3. The minimum atomic E-state index is -0.0628. The van der Waals surface area contributed by atoms with Gasteiger partial charge in [0, 0.05) is 21.0 Å². The molecule has 0 aliphatic heterocycles. The Morgan fingerprint density at radius 3 is 2.63 bits per heavy atom. The van der Waals surface area contributed by atoms with Crippen LogP contribution in [0.4, 0.5) is 5.69 Å². The molecule has 0 bridgehead atoms. The highest BCUT2D eigenvalue weighted by Gasteiger charge is 2.09. The third-order valence-electron chi connectivity index (χ3n) is 2.86. The predicted octanol–water partition coefficient (Wildman–Crippen LogP) is 2.58. The third-order valence-corrected chi connectivity index (χ3v) is 3.86. The van der Waals surface area contributed by atoms with Gasteiger partial charge in [0.1, 0.15) is 0 Å². The molecule has 0 fully saturated rings. The molecule has 0 atom stereocenters. The largest absolute Gasteiger partial charge is 0.347 e. The lowest BCUT2D eigenvalue weighted by Crippen LogP contribution is -2.23. The minimum Gasteiger partial charge on any atom is -0.347 e. The molecule has 5 heteroatoms. The van der Waals surface area contributed by atoms with E-state index in [-0.39, 0.29) is 5.91 Å². The first kappa shape index (κ1) is 13.6. The molecule has 2 rings (SSSR count). The van der Waals surface area contributed by atoms with Gasteiger partial charge in [-0.05, 0) is 49.7 Å². The van der Waals surface area contributed by atoms with Crippen LogP contribution in [0.2, 0.25) is 0 Å². The number of carbonyl (C=O) groups excluding carboxylic acids is 1. The number of hydrogen-bond acceptors (Lipinski definition) is 4. The molecule has 1 heterocycles. The van der Waals surface area contributed by atoms with Gasteiger partial charge in [0.15, 0.2) is 0 Å². The second-order valence-corrected chi connectivity index (χ2v) is 5.74. The van der Waals surface area contributed by atoms with Crippen molar-refractivity contribution < 1.29 is 4.79 Å². The normalized spacial score (nSPS) is 10.3. The number of hydrazine groups is 1. The molecular formula is C14H17N3OS. The standard InChI is InChI=1S/C14H17N3OS/c1-9-7-11(17-15)4-6-13(9)14(18)16-8-12-5-3-10(2)19-12/h3-7,17H,8,15H2,1-2H3,(H,16,18). The Labute approximate surface area is 116 Å². The number of rotatable bonds is 4. The van der Waals surface area contributed by atoms with Crippen molar-refractivity contribution in [2.24, 2.45) is 5.84 Å². The van der Waals surface area contributed by atoms with Crippen LogP contribution < -0.4 is 16.6 Å². The van der Waals surface area contributed by atoms with Crippen molar-refractivity contribution in [1.29, 1.82) is 0 Å². The topological polar surface area (TPSA) is 67.2 Å².